The van der Waals surface area contributed by atoms with Crippen LogP contribution in [0.4, 0.5) is 0 Å². The Kier molecular flexibility index (Phi) is 6.05. The molecule has 0 aromatic rings. The van der Waals surface area contributed by atoms with Crippen molar-refractivity contribution < 1.29 is 19.1 Å². The number of hydrogen-bond acceptors (Lipinski definition) is 5. The van der Waals surface area contributed by atoms with Gasteiger partial charge < -0.3 is 9.47 Å². The Balaban J connectivity index is 3.41. The first kappa shape index (κ1) is 12.0. The average Bonchev–Trinajstić information content (AvgIpc) is 2.11. The van der Waals surface area contributed by atoms with Gasteiger partial charge in [0.2, 0.25) is 0 Å². The predicted octanol–water partition coefficient (Wildman–Crippen LogP) is 0.579. The second-order valence-corrected chi connectivity index (χ2v) is 2.61. The Labute approximate surface area is 82.3 Å². The lowest BCUT2D eigenvalue weighted by atomic mass is 10.4. The molecule has 0 aliphatic carbocycles. The molecule has 0 aromatic carbocycles. The third-order valence-electron chi connectivity index (χ3n) is 1.06. The first-order valence-electron chi connectivity index (χ1n) is 3.67. The predicted molar refractivity (Wildman–Crippen MR) is 50.6 cm³/mol. The minimum atomic E-state index is -0.484. The van der Waals surface area contributed by atoms with E-state index < -0.39 is 11.9 Å². The lowest BCUT2D eigenvalue weighted by molar-refractivity contribution is -0.148. The van der Waals surface area contributed by atoms with Crippen molar-refractivity contribution in [1.82, 2.24) is 0 Å². The molecule has 13 heavy (non-hydrogen) atoms. The number of carbonyl (C=O) groups excluding carboxylic acids is 2. The van der Waals surface area contributed by atoms with Gasteiger partial charge in [-0.25, -0.2) is 4.79 Å². The molecule has 0 spiro atoms. The van der Waals surface area contributed by atoms with Crippen LogP contribution in [0.2, 0.25) is 0 Å². The standard InChI is InChI=1S/C8H12O4S/c1-6(2)8(10)12-4-3-11-7(9)5-13/h13H,1,3-5H2,2H3. The smallest absolute Gasteiger partial charge is 0.333 e. The van der Waals surface area contributed by atoms with Gasteiger partial charge in [-0.2, -0.15) is 12.6 Å². The van der Waals surface area contributed by atoms with Crippen molar-refractivity contribution in [3.8, 4) is 0 Å². The highest BCUT2D eigenvalue weighted by Crippen LogP contribution is 1.91. The molecule has 0 fully saturated rings. The fourth-order valence-electron chi connectivity index (χ4n) is 0.459. The van der Waals surface area contributed by atoms with Gasteiger partial charge in [0.25, 0.3) is 0 Å². The fourth-order valence-corrected chi connectivity index (χ4v) is 0.550. The second kappa shape index (κ2) is 6.54. The summed E-state index contributed by atoms with van der Waals surface area (Å²) in [4.78, 5) is 21.3. The molecule has 5 heteroatoms. The summed E-state index contributed by atoms with van der Waals surface area (Å²) < 4.78 is 9.26. The van der Waals surface area contributed by atoms with Crippen LogP contribution in [-0.2, 0) is 19.1 Å². The minimum absolute atomic E-state index is 0.0223. The zero-order valence-electron chi connectivity index (χ0n) is 7.41. The van der Waals surface area contributed by atoms with Gasteiger partial charge in [0.15, 0.2) is 0 Å². The molecule has 0 unspecified atom stereocenters. The molecule has 0 saturated heterocycles. The number of esters is 2. The monoisotopic (exact) mass is 204 g/mol. The Morgan fingerprint density at radius 2 is 1.85 bits per heavy atom. The summed E-state index contributed by atoms with van der Waals surface area (Å²) in [7, 11) is 0. The van der Waals surface area contributed by atoms with E-state index in [2.05, 4.69) is 28.7 Å². The summed E-state index contributed by atoms with van der Waals surface area (Å²) in [6, 6.07) is 0. The molecule has 0 bridgehead atoms. The SMILES string of the molecule is C=C(C)C(=O)OCCOC(=O)CS. The molecule has 0 amide bonds. The van der Waals surface area contributed by atoms with Gasteiger partial charge in [-0.1, -0.05) is 6.58 Å². The summed E-state index contributed by atoms with van der Waals surface area (Å²) in [5.74, 6) is -0.898. The fraction of sp³-hybridized carbons (Fsp3) is 0.500. The molecule has 0 saturated carbocycles. The summed E-state index contributed by atoms with van der Waals surface area (Å²) in [6.07, 6.45) is 0. The molecule has 4 nitrogen and oxygen atoms in total. The molecule has 74 valence electrons. The van der Waals surface area contributed by atoms with Gasteiger partial charge >= 0.3 is 11.9 Å². The zero-order chi connectivity index (χ0) is 10.3. The van der Waals surface area contributed by atoms with E-state index >= 15 is 0 Å². The van der Waals surface area contributed by atoms with Crippen molar-refractivity contribution in [1.29, 1.82) is 0 Å². The van der Waals surface area contributed by atoms with Crippen LogP contribution in [0.1, 0.15) is 6.92 Å². The maximum atomic E-state index is 10.8. The normalized spacial score (nSPS) is 9.08. The Hall–Kier alpha value is -0.970. The van der Waals surface area contributed by atoms with Gasteiger partial charge in [0.05, 0.1) is 5.75 Å². The number of rotatable bonds is 5. The van der Waals surface area contributed by atoms with E-state index in [9.17, 15) is 9.59 Å². The van der Waals surface area contributed by atoms with Crippen LogP contribution in [0.3, 0.4) is 0 Å². The molecule has 0 rings (SSSR count). The van der Waals surface area contributed by atoms with Crippen LogP contribution in [0.5, 0.6) is 0 Å². The molecule has 0 aromatic heterocycles. The zero-order valence-corrected chi connectivity index (χ0v) is 8.30. The molecule has 0 N–H and O–H groups in total. The van der Waals surface area contributed by atoms with E-state index in [0.717, 1.165) is 0 Å². The molecule has 0 radical (unpaired) electrons. The number of hydrogen-bond donors (Lipinski definition) is 1. The molecule has 0 heterocycles. The van der Waals surface area contributed by atoms with Crippen LogP contribution in [0.15, 0.2) is 12.2 Å². The minimum Gasteiger partial charge on any atom is -0.461 e. The van der Waals surface area contributed by atoms with Crippen LogP contribution >= 0.6 is 12.6 Å². The Morgan fingerprint density at radius 1 is 1.31 bits per heavy atom. The lowest BCUT2D eigenvalue weighted by Crippen LogP contribution is -2.14. The topological polar surface area (TPSA) is 52.6 Å². The molecular formula is C8H12O4S. The second-order valence-electron chi connectivity index (χ2n) is 2.29. The van der Waals surface area contributed by atoms with Gasteiger partial charge in [0.1, 0.15) is 13.2 Å². The van der Waals surface area contributed by atoms with E-state index in [1.54, 1.807) is 6.92 Å². The molecule has 0 aliphatic rings. The summed E-state index contributed by atoms with van der Waals surface area (Å²) >= 11 is 3.69. The summed E-state index contributed by atoms with van der Waals surface area (Å²) in [5, 5.41) is 0. The highest BCUT2D eigenvalue weighted by molar-refractivity contribution is 7.81. The van der Waals surface area contributed by atoms with Crippen LogP contribution in [0, 0.1) is 0 Å². The lowest BCUT2D eigenvalue weighted by Gasteiger charge is -2.04. The van der Waals surface area contributed by atoms with E-state index in [1.165, 1.54) is 0 Å². The molecule has 0 aliphatic heterocycles. The Morgan fingerprint density at radius 3 is 2.31 bits per heavy atom. The third-order valence-corrected chi connectivity index (χ3v) is 1.32. The van der Waals surface area contributed by atoms with Crippen LogP contribution in [-0.4, -0.2) is 30.9 Å². The quantitative estimate of drug-likeness (QED) is 0.308. The van der Waals surface area contributed by atoms with Gasteiger partial charge in [0, 0.05) is 5.57 Å². The average molecular weight is 204 g/mol. The maximum Gasteiger partial charge on any atom is 0.333 e. The first-order valence-corrected chi connectivity index (χ1v) is 4.30. The van der Waals surface area contributed by atoms with Gasteiger partial charge in [-0.3, -0.25) is 4.79 Å². The number of carbonyl (C=O) groups is 2. The van der Waals surface area contributed by atoms with E-state index in [-0.39, 0.29) is 19.0 Å². The third kappa shape index (κ3) is 6.21. The molecule has 0 atom stereocenters. The van der Waals surface area contributed by atoms with Gasteiger partial charge in [-0.15, -0.1) is 0 Å². The van der Waals surface area contributed by atoms with Crippen molar-refractivity contribution in [2.75, 3.05) is 19.0 Å². The van der Waals surface area contributed by atoms with Gasteiger partial charge in [-0.05, 0) is 6.92 Å². The highest BCUT2D eigenvalue weighted by atomic mass is 32.1. The van der Waals surface area contributed by atoms with Crippen molar-refractivity contribution in [3.05, 3.63) is 12.2 Å². The van der Waals surface area contributed by atoms with E-state index in [0.29, 0.717) is 5.57 Å². The summed E-state index contributed by atoms with van der Waals surface area (Å²) in [5.41, 5.74) is 0.320. The van der Waals surface area contributed by atoms with Crippen molar-refractivity contribution >= 4 is 24.6 Å². The van der Waals surface area contributed by atoms with Crippen molar-refractivity contribution in [3.63, 3.8) is 0 Å². The number of ether oxygens (including phenoxy) is 2. The van der Waals surface area contributed by atoms with Crippen LogP contribution in [0.25, 0.3) is 0 Å². The van der Waals surface area contributed by atoms with Crippen LogP contribution < -0.4 is 0 Å². The largest absolute Gasteiger partial charge is 0.461 e. The van der Waals surface area contributed by atoms with Crippen molar-refractivity contribution in [2.45, 2.75) is 6.92 Å². The highest BCUT2D eigenvalue weighted by Gasteiger charge is 2.03. The Bertz CT molecular complexity index is 212. The summed E-state index contributed by atoms with van der Waals surface area (Å²) in [6.45, 7) is 5.04. The maximum absolute atomic E-state index is 10.8. The first-order chi connectivity index (χ1) is 6.07. The van der Waals surface area contributed by atoms with Crippen molar-refractivity contribution in [2.24, 2.45) is 0 Å². The van der Waals surface area contributed by atoms with E-state index in [1.807, 2.05) is 0 Å². The van der Waals surface area contributed by atoms with E-state index in [4.69, 9.17) is 0 Å². The number of thiol groups is 1. The molecular weight excluding hydrogens is 192 g/mol.